The summed E-state index contributed by atoms with van der Waals surface area (Å²) >= 11 is 11.3. The SMILES string of the molecule is CCNC(=O)[C@H](C)OC(=O)c1cc(F)c(Cl)cc1Cl. The minimum absolute atomic E-state index is 0.0421. The van der Waals surface area contributed by atoms with Crippen LogP contribution >= 0.6 is 23.2 Å². The van der Waals surface area contributed by atoms with E-state index in [1.807, 2.05) is 0 Å². The second-order valence-electron chi connectivity index (χ2n) is 3.69. The lowest BCUT2D eigenvalue weighted by Crippen LogP contribution is -2.35. The second kappa shape index (κ2) is 6.73. The van der Waals surface area contributed by atoms with Gasteiger partial charge in [0.15, 0.2) is 6.10 Å². The van der Waals surface area contributed by atoms with Gasteiger partial charge in [-0.2, -0.15) is 0 Å². The van der Waals surface area contributed by atoms with E-state index in [4.69, 9.17) is 27.9 Å². The molecule has 0 spiro atoms. The van der Waals surface area contributed by atoms with Crippen LogP contribution in [0.3, 0.4) is 0 Å². The summed E-state index contributed by atoms with van der Waals surface area (Å²) < 4.78 is 18.1. The number of halogens is 3. The van der Waals surface area contributed by atoms with Crippen molar-refractivity contribution in [3.63, 3.8) is 0 Å². The van der Waals surface area contributed by atoms with Crippen LogP contribution in [0.25, 0.3) is 0 Å². The van der Waals surface area contributed by atoms with Crippen molar-refractivity contribution in [3.05, 3.63) is 33.6 Å². The van der Waals surface area contributed by atoms with E-state index in [1.54, 1.807) is 6.92 Å². The largest absolute Gasteiger partial charge is 0.449 e. The molecule has 0 saturated carbocycles. The Morgan fingerprint density at radius 3 is 2.58 bits per heavy atom. The Morgan fingerprint density at radius 2 is 2.00 bits per heavy atom. The minimum Gasteiger partial charge on any atom is -0.449 e. The molecule has 1 rings (SSSR count). The van der Waals surface area contributed by atoms with Gasteiger partial charge in [-0.05, 0) is 26.0 Å². The smallest absolute Gasteiger partial charge is 0.340 e. The van der Waals surface area contributed by atoms with Gasteiger partial charge in [0.05, 0.1) is 15.6 Å². The first-order valence-corrected chi connectivity index (χ1v) is 6.25. The fourth-order valence-electron chi connectivity index (χ4n) is 1.27. The molecule has 0 aliphatic heterocycles. The summed E-state index contributed by atoms with van der Waals surface area (Å²) in [5, 5.41) is 2.25. The molecule has 1 aromatic rings. The fourth-order valence-corrected chi connectivity index (χ4v) is 1.73. The molecule has 4 nitrogen and oxygen atoms in total. The van der Waals surface area contributed by atoms with Crippen molar-refractivity contribution in [1.29, 1.82) is 0 Å². The van der Waals surface area contributed by atoms with Gasteiger partial charge in [0.2, 0.25) is 0 Å². The number of ether oxygens (including phenoxy) is 1. The van der Waals surface area contributed by atoms with E-state index in [0.29, 0.717) is 6.54 Å². The van der Waals surface area contributed by atoms with Crippen LogP contribution in [0.1, 0.15) is 24.2 Å². The molecule has 104 valence electrons. The molecule has 0 radical (unpaired) electrons. The Kier molecular flexibility index (Phi) is 5.57. The number of hydrogen-bond acceptors (Lipinski definition) is 3. The Hall–Kier alpha value is -1.33. The molecule has 1 amide bonds. The zero-order valence-corrected chi connectivity index (χ0v) is 11.8. The standard InChI is InChI=1S/C12H12Cl2FNO3/c1-3-16-11(17)6(2)19-12(18)7-4-10(15)9(14)5-8(7)13/h4-6H,3H2,1-2H3,(H,16,17)/t6-/m0/s1. The lowest BCUT2D eigenvalue weighted by molar-refractivity contribution is -0.128. The average Bonchev–Trinajstić information content (AvgIpc) is 2.33. The molecule has 0 saturated heterocycles. The number of carbonyl (C=O) groups is 2. The van der Waals surface area contributed by atoms with Crippen LogP contribution in [-0.4, -0.2) is 24.5 Å². The van der Waals surface area contributed by atoms with E-state index in [2.05, 4.69) is 5.32 Å². The third-order valence-electron chi connectivity index (χ3n) is 2.23. The number of carbonyl (C=O) groups excluding carboxylic acids is 2. The van der Waals surface area contributed by atoms with Crippen LogP contribution in [0.5, 0.6) is 0 Å². The molecule has 19 heavy (non-hydrogen) atoms. The molecular formula is C12H12Cl2FNO3. The van der Waals surface area contributed by atoms with Gasteiger partial charge < -0.3 is 10.1 Å². The van der Waals surface area contributed by atoms with E-state index in [-0.39, 0.29) is 15.6 Å². The summed E-state index contributed by atoms with van der Waals surface area (Å²) in [5.74, 6) is -2.12. The van der Waals surface area contributed by atoms with Crippen LogP contribution in [0.15, 0.2) is 12.1 Å². The molecule has 0 heterocycles. The molecule has 7 heteroatoms. The molecule has 0 aliphatic carbocycles. The Labute approximate surface area is 119 Å². The Balaban J connectivity index is 2.84. The molecule has 1 N–H and O–H groups in total. The number of nitrogens with one attached hydrogen (secondary N) is 1. The van der Waals surface area contributed by atoms with Gasteiger partial charge in [-0.1, -0.05) is 23.2 Å². The molecule has 0 aliphatic rings. The lowest BCUT2D eigenvalue weighted by atomic mass is 10.2. The predicted molar refractivity (Wildman–Crippen MR) is 70.0 cm³/mol. The summed E-state index contributed by atoms with van der Waals surface area (Å²) in [7, 11) is 0. The first-order chi connectivity index (χ1) is 8.86. The first-order valence-electron chi connectivity index (χ1n) is 5.50. The molecule has 0 bridgehead atoms. The van der Waals surface area contributed by atoms with Crippen molar-refractivity contribution in [2.24, 2.45) is 0 Å². The van der Waals surface area contributed by atoms with Crippen molar-refractivity contribution in [1.82, 2.24) is 5.32 Å². The highest BCUT2D eigenvalue weighted by Crippen LogP contribution is 2.25. The third-order valence-corrected chi connectivity index (χ3v) is 2.84. The van der Waals surface area contributed by atoms with Crippen molar-refractivity contribution < 1.29 is 18.7 Å². The zero-order chi connectivity index (χ0) is 14.6. The highest BCUT2D eigenvalue weighted by Gasteiger charge is 2.21. The summed E-state index contributed by atoms with van der Waals surface area (Å²) in [6.07, 6.45) is -0.998. The monoisotopic (exact) mass is 307 g/mol. The van der Waals surface area contributed by atoms with Crippen molar-refractivity contribution in [2.75, 3.05) is 6.54 Å². The second-order valence-corrected chi connectivity index (χ2v) is 4.50. The van der Waals surface area contributed by atoms with E-state index < -0.39 is 23.8 Å². The van der Waals surface area contributed by atoms with Crippen LogP contribution in [0.4, 0.5) is 4.39 Å². The summed E-state index contributed by atoms with van der Waals surface area (Å²) in [6, 6.07) is 1.98. The highest BCUT2D eigenvalue weighted by molar-refractivity contribution is 6.36. The van der Waals surface area contributed by atoms with Gasteiger partial charge in [0, 0.05) is 6.54 Å². The summed E-state index contributed by atoms with van der Waals surface area (Å²) in [5.41, 5.74) is -0.181. The molecular weight excluding hydrogens is 296 g/mol. The normalized spacial score (nSPS) is 11.8. The van der Waals surface area contributed by atoms with Gasteiger partial charge in [-0.3, -0.25) is 4.79 Å². The fraction of sp³-hybridized carbons (Fsp3) is 0.333. The van der Waals surface area contributed by atoms with Gasteiger partial charge in [0.1, 0.15) is 5.82 Å². The highest BCUT2D eigenvalue weighted by atomic mass is 35.5. The number of esters is 1. The van der Waals surface area contributed by atoms with Crippen LogP contribution in [-0.2, 0) is 9.53 Å². The van der Waals surface area contributed by atoms with E-state index >= 15 is 0 Å². The first kappa shape index (κ1) is 15.7. The van der Waals surface area contributed by atoms with Gasteiger partial charge in [-0.25, -0.2) is 9.18 Å². The average molecular weight is 308 g/mol. The Bertz CT molecular complexity index is 508. The Morgan fingerprint density at radius 1 is 1.37 bits per heavy atom. The maximum absolute atomic E-state index is 13.3. The quantitative estimate of drug-likeness (QED) is 0.687. The van der Waals surface area contributed by atoms with E-state index in [9.17, 15) is 14.0 Å². The predicted octanol–water partition coefficient (Wildman–Crippen LogP) is 2.81. The van der Waals surface area contributed by atoms with Gasteiger partial charge >= 0.3 is 5.97 Å². The number of amides is 1. The zero-order valence-electron chi connectivity index (χ0n) is 10.3. The van der Waals surface area contributed by atoms with Gasteiger partial charge in [-0.15, -0.1) is 0 Å². The summed E-state index contributed by atoms with van der Waals surface area (Å²) in [6.45, 7) is 3.55. The number of hydrogen-bond donors (Lipinski definition) is 1. The maximum atomic E-state index is 13.3. The van der Waals surface area contributed by atoms with Crippen LogP contribution < -0.4 is 5.32 Å². The van der Waals surface area contributed by atoms with Crippen molar-refractivity contribution in [2.45, 2.75) is 20.0 Å². The lowest BCUT2D eigenvalue weighted by Gasteiger charge is -2.13. The minimum atomic E-state index is -0.998. The number of likely N-dealkylation sites (N-methyl/N-ethyl adjacent to an activating group) is 1. The molecule has 0 unspecified atom stereocenters. The van der Waals surface area contributed by atoms with Gasteiger partial charge in [0.25, 0.3) is 5.91 Å². The number of rotatable bonds is 4. The van der Waals surface area contributed by atoms with E-state index in [1.165, 1.54) is 6.92 Å². The summed E-state index contributed by atoms with van der Waals surface area (Å²) in [4.78, 5) is 23.2. The van der Waals surface area contributed by atoms with Crippen LogP contribution in [0, 0.1) is 5.82 Å². The molecule has 1 aromatic carbocycles. The maximum Gasteiger partial charge on any atom is 0.340 e. The molecule has 1 atom stereocenters. The van der Waals surface area contributed by atoms with E-state index in [0.717, 1.165) is 12.1 Å². The van der Waals surface area contributed by atoms with Crippen LogP contribution in [0.2, 0.25) is 10.0 Å². The van der Waals surface area contributed by atoms with Crippen molar-refractivity contribution >= 4 is 35.1 Å². The third kappa shape index (κ3) is 4.08. The number of benzene rings is 1. The molecule has 0 fully saturated rings. The topological polar surface area (TPSA) is 55.4 Å². The van der Waals surface area contributed by atoms with Crippen molar-refractivity contribution in [3.8, 4) is 0 Å². The molecule has 0 aromatic heterocycles.